The molecule has 1 aliphatic rings. The van der Waals surface area contributed by atoms with Crippen LogP contribution in [0.1, 0.15) is 29.9 Å². The lowest BCUT2D eigenvalue weighted by Crippen LogP contribution is -2.28. The van der Waals surface area contributed by atoms with Crippen molar-refractivity contribution in [1.82, 2.24) is 15.2 Å². The summed E-state index contributed by atoms with van der Waals surface area (Å²) in [6.07, 6.45) is 3.60. The Morgan fingerprint density at radius 3 is 2.70 bits per heavy atom. The number of rotatable bonds is 8. The number of halogens is 1. The second-order valence-electron chi connectivity index (χ2n) is 6.99. The topological polar surface area (TPSA) is 107 Å². The van der Waals surface area contributed by atoms with Gasteiger partial charge in [-0.05, 0) is 48.5 Å². The van der Waals surface area contributed by atoms with E-state index in [4.69, 9.17) is 18.0 Å². The van der Waals surface area contributed by atoms with Gasteiger partial charge in [-0.2, -0.15) is 5.10 Å². The van der Waals surface area contributed by atoms with Gasteiger partial charge in [0, 0.05) is 6.42 Å². The van der Waals surface area contributed by atoms with Crippen LogP contribution in [0.3, 0.4) is 0 Å². The molecule has 1 amide bonds. The van der Waals surface area contributed by atoms with E-state index in [9.17, 15) is 9.18 Å². The van der Waals surface area contributed by atoms with Crippen LogP contribution in [0.2, 0.25) is 0 Å². The second-order valence-corrected chi connectivity index (χ2v) is 7.92. The first kappa shape index (κ1) is 21.0. The van der Waals surface area contributed by atoms with Crippen LogP contribution in [0.5, 0.6) is 5.75 Å². The van der Waals surface area contributed by atoms with Crippen LogP contribution >= 0.6 is 11.8 Å². The number of carbonyl (C=O) groups excluding carboxylic acids is 1. The number of thioether (sulfide) groups is 1. The Morgan fingerprint density at radius 2 is 1.94 bits per heavy atom. The summed E-state index contributed by atoms with van der Waals surface area (Å²) in [5.41, 5.74) is 0.665. The lowest BCUT2D eigenvalue weighted by Gasteiger charge is -2.19. The summed E-state index contributed by atoms with van der Waals surface area (Å²) in [4.78, 5) is 13.0. The fourth-order valence-electron chi connectivity index (χ4n) is 3.25. The molecule has 0 radical (unpaired) electrons. The maximum Gasteiger partial charge on any atom is 0.277 e. The molecule has 1 atom stereocenters. The summed E-state index contributed by atoms with van der Waals surface area (Å²) in [7, 11) is 0. The molecule has 0 saturated heterocycles. The third-order valence-corrected chi connectivity index (χ3v) is 5.59. The lowest BCUT2D eigenvalue weighted by atomic mass is 10.1. The molecule has 33 heavy (non-hydrogen) atoms. The van der Waals surface area contributed by atoms with E-state index in [1.54, 1.807) is 30.7 Å². The summed E-state index contributed by atoms with van der Waals surface area (Å²) in [6, 6.07) is 12.4. The number of carbonyl (C=O) groups is 1. The van der Waals surface area contributed by atoms with Gasteiger partial charge in [-0.15, -0.1) is 10.2 Å². The van der Waals surface area contributed by atoms with Crippen molar-refractivity contribution < 1.29 is 27.2 Å². The number of benzene rings is 1. The van der Waals surface area contributed by atoms with E-state index in [0.717, 1.165) is 11.8 Å². The maximum atomic E-state index is 13.0. The lowest BCUT2D eigenvalue weighted by molar-refractivity contribution is -0.130. The average Bonchev–Trinajstić information content (AvgIpc) is 3.63. The van der Waals surface area contributed by atoms with Gasteiger partial charge in [0.2, 0.25) is 0 Å². The Balaban J connectivity index is 1.21. The molecule has 0 saturated carbocycles. The minimum absolute atomic E-state index is 0.0244. The van der Waals surface area contributed by atoms with Gasteiger partial charge in [0.1, 0.15) is 34.8 Å². The van der Waals surface area contributed by atoms with Crippen LogP contribution in [0, 0.1) is 5.82 Å². The van der Waals surface area contributed by atoms with E-state index in [-0.39, 0.29) is 41.2 Å². The van der Waals surface area contributed by atoms with Crippen molar-refractivity contribution in [2.45, 2.75) is 24.3 Å². The third kappa shape index (κ3) is 4.82. The number of aromatic nitrogens is 2. The summed E-state index contributed by atoms with van der Waals surface area (Å²) in [5.74, 6) is 1.40. The zero-order chi connectivity index (χ0) is 22.6. The van der Waals surface area contributed by atoms with E-state index in [1.807, 2.05) is 6.07 Å². The van der Waals surface area contributed by atoms with Crippen LogP contribution in [0.15, 0.2) is 84.6 Å². The number of furan rings is 2. The highest BCUT2D eigenvalue weighted by molar-refractivity contribution is 7.99. The van der Waals surface area contributed by atoms with Crippen LogP contribution < -0.4 is 4.74 Å². The summed E-state index contributed by atoms with van der Waals surface area (Å²) in [5, 5.41) is 13.9. The van der Waals surface area contributed by atoms with Crippen molar-refractivity contribution in [3.8, 4) is 5.75 Å². The van der Waals surface area contributed by atoms with Crippen molar-refractivity contribution in [2.75, 3.05) is 5.75 Å². The molecule has 0 spiro atoms. The van der Waals surface area contributed by atoms with E-state index >= 15 is 0 Å². The Morgan fingerprint density at radius 1 is 1.12 bits per heavy atom. The molecule has 4 heterocycles. The molecule has 4 aromatic rings. The van der Waals surface area contributed by atoms with Gasteiger partial charge in [0.05, 0.1) is 18.3 Å². The number of hydrogen-bond acceptors (Lipinski definition) is 9. The first-order chi connectivity index (χ1) is 16.2. The minimum atomic E-state index is -0.365. The molecule has 1 aromatic carbocycles. The molecule has 0 bridgehead atoms. The molecule has 1 unspecified atom stereocenters. The van der Waals surface area contributed by atoms with Gasteiger partial charge in [-0.3, -0.25) is 4.79 Å². The Labute approximate surface area is 191 Å². The van der Waals surface area contributed by atoms with Crippen LogP contribution in [0.25, 0.3) is 0 Å². The van der Waals surface area contributed by atoms with Gasteiger partial charge < -0.3 is 18.0 Å². The van der Waals surface area contributed by atoms with Gasteiger partial charge in [0.15, 0.2) is 6.61 Å². The fourth-order valence-corrected chi connectivity index (χ4v) is 3.89. The zero-order valence-electron chi connectivity index (χ0n) is 17.1. The molecule has 0 N–H and O–H groups in total. The molecule has 168 valence electrons. The maximum absolute atomic E-state index is 13.0. The van der Waals surface area contributed by atoms with E-state index in [2.05, 4.69) is 15.3 Å². The predicted molar refractivity (Wildman–Crippen MR) is 114 cm³/mol. The molecule has 1 aliphatic heterocycles. The van der Waals surface area contributed by atoms with Crippen molar-refractivity contribution in [2.24, 2.45) is 5.10 Å². The largest absolute Gasteiger partial charge is 0.484 e. The quantitative estimate of drug-likeness (QED) is 0.349. The molecule has 3 aromatic heterocycles. The Bertz CT molecular complexity index is 1240. The van der Waals surface area contributed by atoms with Crippen molar-refractivity contribution in [3.63, 3.8) is 0 Å². The first-order valence-electron chi connectivity index (χ1n) is 9.96. The number of ether oxygens (including phenoxy) is 1. The third-order valence-electron chi connectivity index (χ3n) is 4.79. The van der Waals surface area contributed by atoms with Gasteiger partial charge in [-0.1, -0.05) is 11.8 Å². The Kier molecular flexibility index (Phi) is 5.94. The molecule has 9 nitrogen and oxygen atoms in total. The summed E-state index contributed by atoms with van der Waals surface area (Å²) >= 11 is 1.10. The summed E-state index contributed by atoms with van der Waals surface area (Å²) in [6.45, 7) is 0.0244. The van der Waals surface area contributed by atoms with E-state index in [0.29, 0.717) is 29.4 Å². The Hall–Kier alpha value is -3.86. The van der Waals surface area contributed by atoms with E-state index in [1.165, 1.54) is 29.3 Å². The van der Waals surface area contributed by atoms with E-state index < -0.39 is 0 Å². The van der Waals surface area contributed by atoms with Gasteiger partial charge in [-0.25, -0.2) is 9.40 Å². The number of hydrogen-bond donors (Lipinski definition) is 0. The fraction of sp³-hybridized carbons (Fsp3) is 0.182. The van der Waals surface area contributed by atoms with Gasteiger partial charge >= 0.3 is 0 Å². The highest BCUT2D eigenvalue weighted by atomic mass is 32.2. The van der Waals surface area contributed by atoms with Crippen LogP contribution in [0.4, 0.5) is 4.39 Å². The highest BCUT2D eigenvalue weighted by Crippen LogP contribution is 2.34. The standard InChI is InChI=1S/C22H17FN4O5S/c23-14-5-7-15(8-6-14)31-12-20-24-25-22(32-20)33-13-21(28)27-17(19-4-2-10-30-19)11-16(26-27)18-3-1-9-29-18/h1-10,17H,11-13H2. The molecule has 0 aliphatic carbocycles. The van der Waals surface area contributed by atoms with Crippen molar-refractivity contribution in [1.29, 1.82) is 0 Å². The highest BCUT2D eigenvalue weighted by Gasteiger charge is 2.35. The normalized spacial score (nSPS) is 15.6. The first-order valence-corrected chi connectivity index (χ1v) is 10.9. The summed E-state index contributed by atoms with van der Waals surface area (Å²) < 4.78 is 34.9. The number of hydrazone groups is 1. The molecule has 0 fully saturated rings. The minimum Gasteiger partial charge on any atom is -0.484 e. The van der Waals surface area contributed by atoms with Crippen LogP contribution in [-0.2, 0) is 11.4 Å². The van der Waals surface area contributed by atoms with Crippen molar-refractivity contribution >= 4 is 23.4 Å². The smallest absolute Gasteiger partial charge is 0.277 e. The second kappa shape index (κ2) is 9.33. The molecular weight excluding hydrogens is 451 g/mol. The monoisotopic (exact) mass is 468 g/mol. The predicted octanol–water partition coefficient (Wildman–Crippen LogP) is 4.44. The molecule has 11 heteroatoms. The van der Waals surface area contributed by atoms with Crippen molar-refractivity contribution in [3.05, 3.63) is 84.3 Å². The average molecular weight is 468 g/mol. The zero-order valence-corrected chi connectivity index (χ0v) is 17.9. The van der Waals surface area contributed by atoms with Gasteiger partial charge in [0.25, 0.3) is 17.0 Å². The number of amides is 1. The SMILES string of the molecule is O=C(CSc1nnc(COc2ccc(F)cc2)o1)N1N=C(c2ccco2)CC1c1ccco1. The number of nitrogens with zero attached hydrogens (tertiary/aromatic N) is 4. The van der Waals surface area contributed by atoms with Crippen LogP contribution in [-0.4, -0.2) is 32.6 Å². The molecule has 5 rings (SSSR count). The molecular formula is C22H17FN4O5S.